The molecule has 0 aromatic carbocycles. The van der Waals surface area contributed by atoms with Crippen molar-refractivity contribution in [3.8, 4) is 0 Å². The first-order valence-corrected chi connectivity index (χ1v) is 7.81. The van der Waals surface area contributed by atoms with Crippen LogP contribution in [0.5, 0.6) is 0 Å². The molecule has 0 saturated heterocycles. The van der Waals surface area contributed by atoms with Crippen molar-refractivity contribution >= 4 is 0 Å². The van der Waals surface area contributed by atoms with Gasteiger partial charge in [0.25, 0.3) is 0 Å². The highest BCUT2D eigenvalue weighted by Crippen LogP contribution is 2.09. The van der Waals surface area contributed by atoms with Gasteiger partial charge in [-0.3, -0.25) is 4.98 Å². The summed E-state index contributed by atoms with van der Waals surface area (Å²) in [7, 11) is 0. The van der Waals surface area contributed by atoms with Crippen LogP contribution in [0.1, 0.15) is 79.5 Å². The van der Waals surface area contributed by atoms with E-state index in [1.807, 2.05) is 53.8 Å². The summed E-state index contributed by atoms with van der Waals surface area (Å²) >= 11 is 0. The fourth-order valence-electron chi connectivity index (χ4n) is 1.43. The first-order chi connectivity index (χ1) is 8.88. The van der Waals surface area contributed by atoms with Gasteiger partial charge in [0.1, 0.15) is 0 Å². The maximum atomic E-state index is 4.39. The minimum absolute atomic E-state index is 1.12. The highest BCUT2D eigenvalue weighted by atomic mass is 14.7. The number of hydrogen-bond donors (Lipinski definition) is 0. The number of hydrogen-bond acceptors (Lipinski definition) is 1. The minimum Gasteiger partial charge on any atom is -0.261 e. The Morgan fingerprint density at radius 3 is 1.78 bits per heavy atom. The van der Waals surface area contributed by atoms with Crippen LogP contribution in [0, 0.1) is 0 Å². The summed E-state index contributed by atoms with van der Waals surface area (Å²) in [5, 5.41) is 0. The molecule has 1 aromatic rings. The number of pyridine rings is 1. The van der Waals surface area contributed by atoms with Crippen molar-refractivity contribution in [2.24, 2.45) is 0 Å². The second-order valence-electron chi connectivity index (χ2n) is 3.11. The van der Waals surface area contributed by atoms with Gasteiger partial charge in [-0.1, -0.05) is 74.3 Å². The van der Waals surface area contributed by atoms with Crippen LogP contribution in [0.25, 0.3) is 0 Å². The van der Waals surface area contributed by atoms with Crippen LogP contribution in [0.15, 0.2) is 18.3 Å². The molecular weight excluding hydrogens is 218 g/mol. The van der Waals surface area contributed by atoms with Crippen molar-refractivity contribution in [2.75, 3.05) is 0 Å². The first kappa shape index (κ1) is 22.3. The van der Waals surface area contributed by atoms with Crippen molar-refractivity contribution in [1.82, 2.24) is 4.98 Å². The van der Waals surface area contributed by atoms with Crippen LogP contribution in [-0.2, 0) is 12.8 Å². The van der Waals surface area contributed by atoms with Crippen molar-refractivity contribution < 1.29 is 0 Å². The molecule has 0 aliphatic carbocycles. The second kappa shape index (κ2) is 21.4. The lowest BCUT2D eigenvalue weighted by Crippen LogP contribution is -1.96. The van der Waals surface area contributed by atoms with Crippen molar-refractivity contribution in [2.45, 2.75) is 81.1 Å². The van der Waals surface area contributed by atoms with E-state index in [0.717, 1.165) is 6.42 Å². The molecule has 1 heterocycles. The van der Waals surface area contributed by atoms with E-state index in [9.17, 15) is 0 Å². The van der Waals surface area contributed by atoms with E-state index in [1.165, 1.54) is 30.5 Å². The molecule has 0 radical (unpaired) electrons. The maximum absolute atomic E-state index is 4.39. The summed E-state index contributed by atoms with van der Waals surface area (Å²) in [5.74, 6) is 0. The molecule has 0 bridgehead atoms. The molecule has 0 N–H and O–H groups in total. The zero-order chi connectivity index (χ0) is 14.8. The van der Waals surface area contributed by atoms with Gasteiger partial charge in [-0.05, 0) is 24.5 Å². The Balaban J connectivity index is -0.000000328. The van der Waals surface area contributed by atoms with E-state index in [2.05, 4.69) is 24.9 Å². The highest BCUT2D eigenvalue weighted by Gasteiger charge is 1.99. The predicted molar refractivity (Wildman–Crippen MR) is 86.3 cm³/mol. The summed E-state index contributed by atoms with van der Waals surface area (Å²) in [6.45, 7) is 16.4. The number of nitrogens with zero attached hydrogens (tertiary/aromatic N) is 1. The van der Waals surface area contributed by atoms with Crippen LogP contribution in [0.2, 0.25) is 0 Å². The van der Waals surface area contributed by atoms with Gasteiger partial charge >= 0.3 is 0 Å². The molecule has 0 aliphatic rings. The summed E-state index contributed by atoms with van der Waals surface area (Å²) < 4.78 is 0. The molecule has 0 saturated carbocycles. The summed E-state index contributed by atoms with van der Waals surface area (Å²) in [4.78, 5) is 4.39. The average Bonchev–Trinajstić information content (AvgIpc) is 2.48. The zero-order valence-corrected chi connectivity index (χ0v) is 14.0. The lowest BCUT2D eigenvalue weighted by atomic mass is 10.1. The van der Waals surface area contributed by atoms with Gasteiger partial charge in [-0.2, -0.15) is 0 Å². The van der Waals surface area contributed by atoms with E-state index >= 15 is 0 Å². The Bertz CT molecular complexity index is 206. The molecular formula is C17H35N. The van der Waals surface area contributed by atoms with Gasteiger partial charge in [0.15, 0.2) is 0 Å². The molecule has 18 heavy (non-hydrogen) atoms. The Kier molecular flexibility index (Phi) is 26.6. The molecule has 1 heteroatoms. The SMILES string of the molecule is CC.CC.CC.CCCc1cccnc1CCC. The summed E-state index contributed by atoms with van der Waals surface area (Å²) in [6.07, 6.45) is 6.58. The van der Waals surface area contributed by atoms with Crippen molar-refractivity contribution in [3.63, 3.8) is 0 Å². The van der Waals surface area contributed by atoms with Crippen LogP contribution in [-0.4, -0.2) is 4.98 Å². The molecule has 0 aliphatic heterocycles. The van der Waals surface area contributed by atoms with Crippen LogP contribution < -0.4 is 0 Å². The van der Waals surface area contributed by atoms with Gasteiger partial charge in [0.2, 0.25) is 0 Å². The lowest BCUT2D eigenvalue weighted by Gasteiger charge is -2.04. The molecule has 0 unspecified atom stereocenters. The van der Waals surface area contributed by atoms with Crippen LogP contribution >= 0.6 is 0 Å². The third-order valence-corrected chi connectivity index (χ3v) is 1.99. The fourth-order valence-corrected chi connectivity index (χ4v) is 1.43. The quantitative estimate of drug-likeness (QED) is 0.635. The largest absolute Gasteiger partial charge is 0.261 e. The second-order valence-corrected chi connectivity index (χ2v) is 3.11. The molecule has 108 valence electrons. The Morgan fingerprint density at radius 2 is 1.33 bits per heavy atom. The number of aryl methyl sites for hydroxylation is 2. The van der Waals surface area contributed by atoms with E-state index in [4.69, 9.17) is 0 Å². The predicted octanol–water partition coefficient (Wildman–Crippen LogP) is 6.07. The fraction of sp³-hybridized carbons (Fsp3) is 0.706. The molecule has 0 fully saturated rings. The maximum Gasteiger partial charge on any atom is 0.0435 e. The first-order valence-electron chi connectivity index (χ1n) is 7.81. The van der Waals surface area contributed by atoms with Crippen molar-refractivity contribution in [3.05, 3.63) is 29.6 Å². The van der Waals surface area contributed by atoms with Crippen molar-refractivity contribution in [1.29, 1.82) is 0 Å². The van der Waals surface area contributed by atoms with Gasteiger partial charge in [-0.15, -0.1) is 0 Å². The topological polar surface area (TPSA) is 12.9 Å². The smallest absolute Gasteiger partial charge is 0.0435 e. The third-order valence-electron chi connectivity index (χ3n) is 1.99. The van der Waals surface area contributed by atoms with E-state index in [1.54, 1.807) is 0 Å². The molecule has 1 aromatic heterocycles. The molecule has 0 spiro atoms. The monoisotopic (exact) mass is 253 g/mol. The van der Waals surface area contributed by atoms with Gasteiger partial charge in [0, 0.05) is 11.9 Å². The van der Waals surface area contributed by atoms with E-state index < -0.39 is 0 Å². The third kappa shape index (κ3) is 11.6. The van der Waals surface area contributed by atoms with Gasteiger partial charge < -0.3 is 0 Å². The Morgan fingerprint density at radius 1 is 0.833 bits per heavy atom. The minimum atomic E-state index is 1.12. The lowest BCUT2D eigenvalue weighted by molar-refractivity contribution is 0.828. The van der Waals surface area contributed by atoms with E-state index in [-0.39, 0.29) is 0 Å². The summed E-state index contributed by atoms with van der Waals surface area (Å²) in [5.41, 5.74) is 2.73. The average molecular weight is 253 g/mol. The molecule has 1 nitrogen and oxygen atoms in total. The van der Waals surface area contributed by atoms with Crippen LogP contribution in [0.4, 0.5) is 0 Å². The number of aromatic nitrogens is 1. The Hall–Kier alpha value is -0.850. The standard InChI is InChI=1S/C11H17N.3C2H6/c1-3-6-10-8-5-9-12-11(10)7-4-2;3*1-2/h5,8-9H,3-4,6-7H2,1-2H3;3*1-2H3. The van der Waals surface area contributed by atoms with Crippen LogP contribution in [0.3, 0.4) is 0 Å². The molecule has 1 rings (SSSR count). The zero-order valence-electron chi connectivity index (χ0n) is 14.0. The highest BCUT2D eigenvalue weighted by molar-refractivity contribution is 5.19. The van der Waals surface area contributed by atoms with Gasteiger partial charge in [-0.25, -0.2) is 0 Å². The van der Waals surface area contributed by atoms with E-state index in [0.29, 0.717) is 0 Å². The Labute approximate surface area is 116 Å². The summed E-state index contributed by atoms with van der Waals surface area (Å²) in [6, 6.07) is 4.23. The number of rotatable bonds is 4. The van der Waals surface area contributed by atoms with Gasteiger partial charge in [0.05, 0.1) is 0 Å². The molecule has 0 amide bonds. The molecule has 0 atom stereocenters. The normalized spacial score (nSPS) is 7.78.